The normalized spacial score (nSPS) is 11.0. The molecule has 1 aromatic heterocycles. The van der Waals surface area contributed by atoms with Crippen LogP contribution in [0.5, 0.6) is 0 Å². The van der Waals surface area contributed by atoms with Crippen molar-refractivity contribution in [1.82, 2.24) is 4.98 Å². The third-order valence-corrected chi connectivity index (χ3v) is 1.81. The average Bonchev–Trinajstić information content (AvgIpc) is 2.14. The summed E-state index contributed by atoms with van der Waals surface area (Å²) in [5.41, 5.74) is -0.0440. The molecule has 1 rings (SSSR count). The minimum atomic E-state index is -1.11. The first-order chi connectivity index (χ1) is 7.78. The largest absolute Gasteiger partial charge is 0.477 e. The van der Waals surface area contributed by atoms with Gasteiger partial charge in [0.1, 0.15) is 11.3 Å². The van der Waals surface area contributed by atoms with Gasteiger partial charge in [-0.2, -0.15) is 0 Å². The van der Waals surface area contributed by atoms with E-state index in [0.717, 1.165) is 0 Å². The Morgan fingerprint density at radius 3 is 2.59 bits per heavy atom. The molecule has 0 radical (unpaired) electrons. The first-order valence-corrected chi connectivity index (χ1v) is 5.18. The van der Waals surface area contributed by atoms with Gasteiger partial charge in [-0.15, -0.1) is 0 Å². The lowest BCUT2D eigenvalue weighted by molar-refractivity contribution is -0.153. The lowest BCUT2D eigenvalue weighted by Crippen LogP contribution is -2.25. The first-order valence-electron chi connectivity index (χ1n) is 5.18. The van der Waals surface area contributed by atoms with E-state index in [9.17, 15) is 9.59 Å². The van der Waals surface area contributed by atoms with Crippen LogP contribution in [0.25, 0.3) is 0 Å². The van der Waals surface area contributed by atoms with Crippen molar-refractivity contribution >= 4 is 11.9 Å². The molecule has 0 saturated carbocycles. The van der Waals surface area contributed by atoms with Crippen LogP contribution in [-0.2, 0) is 16.0 Å². The highest BCUT2D eigenvalue weighted by Crippen LogP contribution is 2.10. The number of aromatic nitrogens is 1. The number of aromatic carboxylic acids is 1. The average molecular weight is 237 g/mol. The fourth-order valence-electron chi connectivity index (χ4n) is 1.25. The summed E-state index contributed by atoms with van der Waals surface area (Å²) in [6.07, 6.45) is 1.41. The fraction of sp³-hybridized carbons (Fsp3) is 0.417. The highest BCUT2D eigenvalue weighted by Gasteiger charge is 2.17. The second-order valence-corrected chi connectivity index (χ2v) is 4.62. The van der Waals surface area contributed by atoms with Crippen LogP contribution in [-0.4, -0.2) is 27.6 Å². The predicted octanol–water partition coefficient (Wildman–Crippen LogP) is 1.66. The smallest absolute Gasteiger partial charge is 0.354 e. The van der Waals surface area contributed by atoms with Crippen molar-refractivity contribution in [2.45, 2.75) is 32.8 Å². The van der Waals surface area contributed by atoms with Gasteiger partial charge in [-0.25, -0.2) is 9.78 Å². The molecule has 5 heteroatoms. The molecule has 0 fully saturated rings. The highest BCUT2D eigenvalue weighted by atomic mass is 16.6. The van der Waals surface area contributed by atoms with Crippen molar-refractivity contribution in [1.29, 1.82) is 0 Å². The predicted molar refractivity (Wildman–Crippen MR) is 60.7 cm³/mol. The van der Waals surface area contributed by atoms with Gasteiger partial charge in [0.15, 0.2) is 0 Å². The minimum Gasteiger partial charge on any atom is -0.477 e. The molecule has 0 atom stereocenters. The van der Waals surface area contributed by atoms with Crippen LogP contribution < -0.4 is 0 Å². The molecular formula is C12H15NO4. The Balaban J connectivity index is 2.72. The van der Waals surface area contributed by atoms with Crippen LogP contribution in [0.15, 0.2) is 18.3 Å². The standard InChI is InChI=1S/C12H15NO4/c1-12(2,3)17-10(14)7-8-4-5-13-9(6-8)11(15)16/h4-6H,7H2,1-3H3,(H,15,16). The molecule has 0 aliphatic rings. The molecule has 0 aliphatic heterocycles. The third-order valence-electron chi connectivity index (χ3n) is 1.81. The van der Waals surface area contributed by atoms with Crippen LogP contribution in [0.1, 0.15) is 36.8 Å². The lowest BCUT2D eigenvalue weighted by Gasteiger charge is -2.19. The van der Waals surface area contributed by atoms with Gasteiger partial charge in [-0.1, -0.05) is 0 Å². The van der Waals surface area contributed by atoms with Crippen molar-refractivity contribution in [3.63, 3.8) is 0 Å². The summed E-state index contributed by atoms with van der Waals surface area (Å²) < 4.78 is 5.14. The third kappa shape index (κ3) is 4.63. The fourth-order valence-corrected chi connectivity index (χ4v) is 1.25. The van der Waals surface area contributed by atoms with Crippen molar-refractivity contribution < 1.29 is 19.4 Å². The maximum absolute atomic E-state index is 11.5. The summed E-state index contributed by atoms with van der Waals surface area (Å²) in [7, 11) is 0. The summed E-state index contributed by atoms with van der Waals surface area (Å²) >= 11 is 0. The number of rotatable bonds is 3. The molecule has 5 nitrogen and oxygen atoms in total. The van der Waals surface area contributed by atoms with Crippen LogP contribution in [0.4, 0.5) is 0 Å². The molecule has 0 spiro atoms. The molecule has 0 aromatic carbocycles. The van der Waals surface area contributed by atoms with Crippen molar-refractivity contribution in [2.24, 2.45) is 0 Å². The Bertz CT molecular complexity index is 434. The van der Waals surface area contributed by atoms with E-state index in [1.165, 1.54) is 12.3 Å². The van der Waals surface area contributed by atoms with E-state index in [1.807, 2.05) is 0 Å². The van der Waals surface area contributed by atoms with Crippen LogP contribution >= 0.6 is 0 Å². The Kier molecular flexibility index (Phi) is 3.83. The van der Waals surface area contributed by atoms with Crippen molar-refractivity contribution in [3.8, 4) is 0 Å². The van der Waals surface area contributed by atoms with Gasteiger partial charge in [0, 0.05) is 6.20 Å². The number of ether oxygens (including phenoxy) is 1. The summed E-state index contributed by atoms with van der Waals surface area (Å²) in [6, 6.07) is 2.96. The van der Waals surface area contributed by atoms with Gasteiger partial charge in [-0.05, 0) is 38.5 Å². The Morgan fingerprint density at radius 1 is 1.41 bits per heavy atom. The first kappa shape index (κ1) is 13.2. The number of carboxylic acids is 1. The number of hydrogen-bond acceptors (Lipinski definition) is 4. The molecule has 0 saturated heterocycles. The quantitative estimate of drug-likeness (QED) is 0.809. The Hall–Kier alpha value is -1.91. The molecule has 0 unspecified atom stereocenters. The van der Waals surface area contributed by atoms with Crippen LogP contribution in [0.3, 0.4) is 0 Å². The summed E-state index contributed by atoms with van der Waals surface area (Å²) in [6.45, 7) is 5.33. The molecule has 17 heavy (non-hydrogen) atoms. The van der Waals surface area contributed by atoms with E-state index < -0.39 is 11.6 Å². The molecule has 0 amide bonds. The molecule has 92 valence electrons. The molecule has 1 heterocycles. The second kappa shape index (κ2) is 4.95. The lowest BCUT2D eigenvalue weighted by atomic mass is 10.1. The van der Waals surface area contributed by atoms with E-state index >= 15 is 0 Å². The maximum Gasteiger partial charge on any atom is 0.354 e. The van der Waals surface area contributed by atoms with E-state index in [4.69, 9.17) is 9.84 Å². The number of carbonyl (C=O) groups excluding carboxylic acids is 1. The van der Waals surface area contributed by atoms with E-state index in [1.54, 1.807) is 26.8 Å². The van der Waals surface area contributed by atoms with E-state index in [2.05, 4.69) is 4.98 Å². The zero-order chi connectivity index (χ0) is 13.1. The topological polar surface area (TPSA) is 76.5 Å². The van der Waals surface area contributed by atoms with Gasteiger partial charge in [0.05, 0.1) is 6.42 Å². The Morgan fingerprint density at radius 2 is 2.06 bits per heavy atom. The van der Waals surface area contributed by atoms with Gasteiger partial charge >= 0.3 is 11.9 Å². The zero-order valence-electron chi connectivity index (χ0n) is 10.1. The van der Waals surface area contributed by atoms with Crippen molar-refractivity contribution in [2.75, 3.05) is 0 Å². The number of esters is 1. The van der Waals surface area contributed by atoms with E-state index in [-0.39, 0.29) is 18.1 Å². The monoisotopic (exact) mass is 237 g/mol. The van der Waals surface area contributed by atoms with Crippen LogP contribution in [0, 0.1) is 0 Å². The molecule has 0 aliphatic carbocycles. The Labute approximate surface area is 99.4 Å². The van der Waals surface area contributed by atoms with Gasteiger partial charge in [0.25, 0.3) is 0 Å². The number of hydrogen-bond donors (Lipinski definition) is 1. The summed E-state index contributed by atoms with van der Waals surface area (Å²) in [5, 5.41) is 8.75. The molecule has 1 N–H and O–H groups in total. The highest BCUT2D eigenvalue weighted by molar-refractivity contribution is 5.85. The zero-order valence-corrected chi connectivity index (χ0v) is 10.1. The van der Waals surface area contributed by atoms with Gasteiger partial charge < -0.3 is 9.84 Å². The molecule has 0 bridgehead atoms. The van der Waals surface area contributed by atoms with Crippen LogP contribution in [0.2, 0.25) is 0 Å². The molecule has 1 aromatic rings. The minimum absolute atomic E-state index is 0.0417. The number of nitrogens with zero attached hydrogens (tertiary/aromatic N) is 1. The number of carboxylic acid groups (broad SMARTS) is 1. The summed E-state index contributed by atoms with van der Waals surface area (Å²) in [4.78, 5) is 25.9. The number of carbonyl (C=O) groups is 2. The van der Waals surface area contributed by atoms with E-state index in [0.29, 0.717) is 5.56 Å². The second-order valence-electron chi connectivity index (χ2n) is 4.62. The molecular weight excluding hydrogens is 222 g/mol. The number of pyridine rings is 1. The van der Waals surface area contributed by atoms with Gasteiger partial charge in [-0.3, -0.25) is 4.79 Å². The maximum atomic E-state index is 11.5. The summed E-state index contributed by atoms with van der Waals surface area (Å²) in [5.74, 6) is -1.50. The SMILES string of the molecule is CC(C)(C)OC(=O)Cc1ccnc(C(=O)O)c1. The van der Waals surface area contributed by atoms with Crippen molar-refractivity contribution in [3.05, 3.63) is 29.6 Å². The van der Waals surface area contributed by atoms with Gasteiger partial charge in [0.2, 0.25) is 0 Å².